The van der Waals surface area contributed by atoms with Gasteiger partial charge in [0.15, 0.2) is 0 Å². The second kappa shape index (κ2) is 14.7. The van der Waals surface area contributed by atoms with Crippen LogP contribution in [-0.2, 0) is 22.1 Å². The Morgan fingerprint density at radius 1 is 0.800 bits per heavy atom. The first kappa shape index (κ1) is 29.6. The van der Waals surface area contributed by atoms with E-state index >= 15 is 0 Å². The third kappa shape index (κ3) is 9.35. The van der Waals surface area contributed by atoms with Crippen molar-refractivity contribution in [3.63, 3.8) is 0 Å². The second-order valence-corrected chi connectivity index (χ2v) is 6.70. The van der Waals surface area contributed by atoms with Gasteiger partial charge in [0.1, 0.15) is 17.2 Å². The summed E-state index contributed by atoms with van der Waals surface area (Å²) in [5, 5.41) is 0. The van der Waals surface area contributed by atoms with Crippen LogP contribution in [0.3, 0.4) is 0 Å². The predicted octanol–water partition coefficient (Wildman–Crippen LogP) is 8.33. The van der Waals surface area contributed by atoms with E-state index in [0.717, 1.165) is 12.1 Å². The maximum absolute atomic E-state index is 12.8. The minimum absolute atomic E-state index is 0.0688. The van der Waals surface area contributed by atoms with E-state index < -0.39 is 11.7 Å². The fourth-order valence-corrected chi connectivity index (χ4v) is 3.01. The summed E-state index contributed by atoms with van der Waals surface area (Å²) < 4.78 is 54.6. The van der Waals surface area contributed by atoms with E-state index in [1.54, 1.807) is 42.5 Å². The Labute approximate surface area is 205 Å². The standard InChI is InChI=1S/C24H21F3O4.2C2H6/c1-3-30-21-11-16(13-23(28)29-2)12-22(15-21)31-20-6-4-5-18(14-20)17-7-9-19(10-8-17)24(25,26)27;2*1-2/h4-12,14-15H,3,13H2,1-2H3;2*1-2H3. The van der Waals surface area contributed by atoms with Gasteiger partial charge < -0.3 is 14.2 Å². The molecule has 3 aromatic rings. The Balaban J connectivity index is 0.00000145. The first-order chi connectivity index (χ1) is 16.8. The molecule has 3 rings (SSSR count). The highest BCUT2D eigenvalue weighted by atomic mass is 19.4. The van der Waals surface area contributed by atoms with Crippen molar-refractivity contribution >= 4 is 5.97 Å². The fraction of sp³-hybridized carbons (Fsp3) is 0.321. The van der Waals surface area contributed by atoms with Gasteiger partial charge in [-0.1, -0.05) is 52.0 Å². The van der Waals surface area contributed by atoms with Gasteiger partial charge in [-0.2, -0.15) is 13.2 Å². The molecule has 0 heterocycles. The highest BCUT2D eigenvalue weighted by molar-refractivity contribution is 5.73. The lowest BCUT2D eigenvalue weighted by Gasteiger charge is -2.12. The van der Waals surface area contributed by atoms with Crippen LogP contribution in [0.2, 0.25) is 0 Å². The van der Waals surface area contributed by atoms with Crippen LogP contribution in [0.4, 0.5) is 13.2 Å². The molecule has 35 heavy (non-hydrogen) atoms. The molecule has 0 fully saturated rings. The Morgan fingerprint density at radius 2 is 1.43 bits per heavy atom. The molecule has 0 radical (unpaired) electrons. The summed E-state index contributed by atoms with van der Waals surface area (Å²) in [6.45, 7) is 10.3. The molecule has 0 N–H and O–H groups in total. The molecule has 0 atom stereocenters. The first-order valence-electron chi connectivity index (χ1n) is 11.6. The van der Waals surface area contributed by atoms with Crippen LogP contribution in [0.5, 0.6) is 17.2 Å². The lowest BCUT2D eigenvalue weighted by molar-refractivity contribution is -0.140. The van der Waals surface area contributed by atoms with Gasteiger partial charge in [-0.05, 0) is 60.0 Å². The third-order valence-electron chi connectivity index (χ3n) is 4.44. The van der Waals surface area contributed by atoms with Gasteiger partial charge >= 0.3 is 12.1 Å². The molecule has 0 aliphatic heterocycles. The molecule has 0 aromatic heterocycles. The molecule has 0 aliphatic carbocycles. The number of carbonyl (C=O) groups is 1. The number of benzene rings is 3. The van der Waals surface area contributed by atoms with E-state index in [4.69, 9.17) is 14.2 Å². The summed E-state index contributed by atoms with van der Waals surface area (Å²) in [5.41, 5.74) is 1.32. The number of alkyl halides is 3. The van der Waals surface area contributed by atoms with Gasteiger partial charge in [-0.3, -0.25) is 4.79 Å². The summed E-state index contributed by atoms with van der Waals surface area (Å²) in [4.78, 5) is 11.6. The maximum Gasteiger partial charge on any atom is 0.416 e. The molecular formula is C28H33F3O4. The minimum Gasteiger partial charge on any atom is -0.494 e. The van der Waals surface area contributed by atoms with Crippen molar-refractivity contribution in [3.05, 3.63) is 77.9 Å². The Hall–Kier alpha value is -3.48. The smallest absolute Gasteiger partial charge is 0.416 e. The van der Waals surface area contributed by atoms with Crippen molar-refractivity contribution < 1.29 is 32.2 Å². The van der Waals surface area contributed by atoms with E-state index in [-0.39, 0.29) is 12.4 Å². The quantitative estimate of drug-likeness (QED) is 0.312. The molecule has 0 unspecified atom stereocenters. The van der Waals surface area contributed by atoms with E-state index in [9.17, 15) is 18.0 Å². The molecule has 0 saturated carbocycles. The Bertz CT molecular complexity index is 1040. The van der Waals surface area contributed by atoms with Crippen LogP contribution in [-0.4, -0.2) is 19.7 Å². The molecule has 3 aromatic carbocycles. The number of rotatable bonds is 7. The Kier molecular flexibility index (Phi) is 12.4. The number of methoxy groups -OCH3 is 1. The second-order valence-electron chi connectivity index (χ2n) is 6.70. The van der Waals surface area contributed by atoms with Crippen LogP contribution in [0.1, 0.15) is 45.7 Å². The molecular weight excluding hydrogens is 457 g/mol. The monoisotopic (exact) mass is 490 g/mol. The number of halogens is 3. The van der Waals surface area contributed by atoms with Crippen molar-refractivity contribution in [1.29, 1.82) is 0 Å². The molecule has 0 spiro atoms. The average molecular weight is 491 g/mol. The van der Waals surface area contributed by atoms with Crippen molar-refractivity contribution in [3.8, 4) is 28.4 Å². The van der Waals surface area contributed by atoms with Gasteiger partial charge in [0, 0.05) is 6.07 Å². The van der Waals surface area contributed by atoms with E-state index in [1.807, 2.05) is 34.6 Å². The number of ether oxygens (including phenoxy) is 3. The first-order valence-corrected chi connectivity index (χ1v) is 11.6. The van der Waals surface area contributed by atoms with Crippen molar-refractivity contribution in [1.82, 2.24) is 0 Å². The van der Waals surface area contributed by atoms with Gasteiger partial charge in [-0.15, -0.1) is 0 Å². The molecule has 7 heteroatoms. The highest BCUT2D eigenvalue weighted by Crippen LogP contribution is 2.33. The highest BCUT2D eigenvalue weighted by Gasteiger charge is 2.29. The molecule has 0 saturated heterocycles. The normalized spacial score (nSPS) is 10.2. The molecule has 0 amide bonds. The number of esters is 1. The Morgan fingerprint density at radius 3 is 2.00 bits per heavy atom. The number of hydrogen-bond acceptors (Lipinski definition) is 4. The number of hydrogen-bond donors (Lipinski definition) is 0. The van der Waals surface area contributed by atoms with E-state index in [2.05, 4.69) is 0 Å². The molecule has 0 bridgehead atoms. The SMILES string of the molecule is CC.CC.CCOc1cc(CC(=O)OC)cc(Oc2cccc(-c3ccc(C(F)(F)F)cc3)c2)c1. The van der Waals surface area contributed by atoms with Crippen molar-refractivity contribution in [2.75, 3.05) is 13.7 Å². The molecule has 190 valence electrons. The summed E-state index contributed by atoms with van der Waals surface area (Å²) in [7, 11) is 1.32. The van der Waals surface area contributed by atoms with Crippen molar-refractivity contribution in [2.45, 2.75) is 47.2 Å². The van der Waals surface area contributed by atoms with Gasteiger partial charge in [0.05, 0.1) is 25.7 Å². The maximum atomic E-state index is 12.8. The molecule has 0 aliphatic rings. The number of carbonyl (C=O) groups excluding carboxylic acids is 1. The van der Waals surface area contributed by atoms with Crippen LogP contribution in [0.15, 0.2) is 66.7 Å². The van der Waals surface area contributed by atoms with E-state index in [0.29, 0.717) is 40.5 Å². The largest absolute Gasteiger partial charge is 0.494 e. The van der Waals surface area contributed by atoms with Gasteiger partial charge in [0.25, 0.3) is 0 Å². The van der Waals surface area contributed by atoms with Crippen molar-refractivity contribution in [2.24, 2.45) is 0 Å². The lowest BCUT2D eigenvalue weighted by atomic mass is 10.0. The zero-order chi connectivity index (χ0) is 26.4. The van der Waals surface area contributed by atoms with E-state index in [1.165, 1.54) is 19.2 Å². The predicted molar refractivity (Wildman–Crippen MR) is 133 cm³/mol. The molecule has 4 nitrogen and oxygen atoms in total. The third-order valence-corrected chi connectivity index (χ3v) is 4.44. The zero-order valence-corrected chi connectivity index (χ0v) is 21.0. The van der Waals surface area contributed by atoms with Crippen LogP contribution in [0.25, 0.3) is 11.1 Å². The van der Waals surface area contributed by atoms with Crippen LogP contribution in [0, 0.1) is 0 Å². The summed E-state index contributed by atoms with van der Waals surface area (Å²) in [6, 6.07) is 17.1. The van der Waals surface area contributed by atoms with Gasteiger partial charge in [0.2, 0.25) is 0 Å². The summed E-state index contributed by atoms with van der Waals surface area (Å²) in [6.07, 6.45) is -4.31. The summed E-state index contributed by atoms with van der Waals surface area (Å²) in [5.74, 6) is 1.13. The zero-order valence-electron chi connectivity index (χ0n) is 21.0. The fourth-order valence-electron chi connectivity index (χ4n) is 3.01. The van der Waals surface area contributed by atoms with Gasteiger partial charge in [-0.25, -0.2) is 0 Å². The lowest BCUT2D eigenvalue weighted by Crippen LogP contribution is -2.05. The average Bonchev–Trinajstić information content (AvgIpc) is 2.86. The summed E-state index contributed by atoms with van der Waals surface area (Å²) >= 11 is 0. The topological polar surface area (TPSA) is 44.8 Å². The minimum atomic E-state index is -4.38. The van der Waals surface area contributed by atoms with Crippen LogP contribution < -0.4 is 9.47 Å². The van der Waals surface area contributed by atoms with Crippen LogP contribution >= 0.6 is 0 Å².